The minimum Gasteiger partial charge on any atom is -0.399 e. The predicted molar refractivity (Wildman–Crippen MR) is 52.7 cm³/mol. The van der Waals surface area contributed by atoms with Gasteiger partial charge in [-0.2, -0.15) is 0 Å². The van der Waals surface area contributed by atoms with Crippen LogP contribution in [0.4, 0.5) is 0 Å². The highest BCUT2D eigenvalue weighted by Gasteiger charge is 2.22. The molecule has 0 aliphatic heterocycles. The van der Waals surface area contributed by atoms with E-state index in [1.165, 1.54) is 5.57 Å². The van der Waals surface area contributed by atoms with E-state index >= 15 is 0 Å². The summed E-state index contributed by atoms with van der Waals surface area (Å²) in [7, 11) is 4.20. The van der Waals surface area contributed by atoms with Gasteiger partial charge in [-0.25, -0.2) is 0 Å². The van der Waals surface area contributed by atoms with Gasteiger partial charge in [0.25, 0.3) is 0 Å². The fraction of sp³-hybridized carbons (Fsp3) is 0.600. The fourth-order valence-electron chi connectivity index (χ4n) is 1.64. The van der Waals surface area contributed by atoms with E-state index < -0.39 is 0 Å². The van der Waals surface area contributed by atoms with Gasteiger partial charge in [0.15, 0.2) is 0 Å². The highest BCUT2D eigenvalue weighted by molar-refractivity contribution is 5.30. The molecule has 1 aliphatic carbocycles. The van der Waals surface area contributed by atoms with Crippen molar-refractivity contribution in [3.8, 4) is 0 Å². The molecular formula is C10H18N2. The molecule has 0 aromatic carbocycles. The molecule has 0 bridgehead atoms. The third kappa shape index (κ3) is 1.53. The molecule has 0 spiro atoms. The van der Waals surface area contributed by atoms with Crippen molar-refractivity contribution in [3.63, 3.8) is 0 Å². The lowest BCUT2D eigenvalue weighted by Crippen LogP contribution is -2.35. The van der Waals surface area contributed by atoms with E-state index in [1.807, 2.05) is 6.08 Å². The first-order chi connectivity index (χ1) is 5.54. The van der Waals surface area contributed by atoms with Crippen LogP contribution in [-0.4, -0.2) is 25.0 Å². The second kappa shape index (κ2) is 3.31. The van der Waals surface area contributed by atoms with Crippen LogP contribution in [0.3, 0.4) is 0 Å². The first kappa shape index (κ1) is 9.33. The summed E-state index contributed by atoms with van der Waals surface area (Å²) in [4.78, 5) is 2.22. The molecule has 0 aromatic rings. The van der Waals surface area contributed by atoms with Crippen LogP contribution in [0.25, 0.3) is 0 Å². The maximum Gasteiger partial charge on any atom is 0.0339 e. The zero-order valence-electron chi connectivity index (χ0n) is 8.33. The molecule has 0 amide bonds. The monoisotopic (exact) mass is 166 g/mol. The van der Waals surface area contributed by atoms with Crippen molar-refractivity contribution in [3.05, 3.63) is 23.4 Å². The number of rotatable bonds is 1. The molecule has 1 rings (SSSR count). The quantitative estimate of drug-likeness (QED) is 0.637. The van der Waals surface area contributed by atoms with Crippen molar-refractivity contribution < 1.29 is 0 Å². The molecule has 68 valence electrons. The van der Waals surface area contributed by atoms with Crippen molar-refractivity contribution in [2.75, 3.05) is 14.1 Å². The molecule has 2 heteroatoms. The van der Waals surface area contributed by atoms with E-state index in [0.29, 0.717) is 12.0 Å². The van der Waals surface area contributed by atoms with Gasteiger partial charge in [-0.3, -0.25) is 0 Å². The van der Waals surface area contributed by atoms with E-state index in [9.17, 15) is 0 Å². The number of allylic oxidation sites excluding steroid dienone is 1. The molecule has 0 saturated carbocycles. The summed E-state index contributed by atoms with van der Waals surface area (Å²) >= 11 is 0. The van der Waals surface area contributed by atoms with Crippen molar-refractivity contribution in [1.82, 2.24) is 4.90 Å². The Labute approximate surface area is 74.7 Å². The van der Waals surface area contributed by atoms with E-state index in [1.54, 1.807) is 0 Å². The van der Waals surface area contributed by atoms with Crippen LogP contribution in [-0.2, 0) is 0 Å². The van der Waals surface area contributed by atoms with Gasteiger partial charge >= 0.3 is 0 Å². The molecule has 1 aliphatic rings. The van der Waals surface area contributed by atoms with Gasteiger partial charge in [-0.05, 0) is 38.6 Å². The molecule has 2 N–H and O–H groups in total. The summed E-state index contributed by atoms with van der Waals surface area (Å²) in [6.45, 7) is 4.33. The minimum absolute atomic E-state index is 0.497. The standard InChI is InChI=1S/C10H18N2/c1-7-8(2)10(12(3)4)6-5-9(7)11/h5-6,8,10H,11H2,1-4H3. The number of nitrogens with two attached hydrogens (primary N) is 1. The van der Waals surface area contributed by atoms with Crippen molar-refractivity contribution >= 4 is 0 Å². The van der Waals surface area contributed by atoms with Crippen LogP contribution in [0.2, 0.25) is 0 Å². The molecule has 0 heterocycles. The summed E-state index contributed by atoms with van der Waals surface area (Å²) in [6.07, 6.45) is 4.19. The molecule has 2 nitrogen and oxygen atoms in total. The molecule has 0 radical (unpaired) electrons. The largest absolute Gasteiger partial charge is 0.399 e. The molecular weight excluding hydrogens is 148 g/mol. The summed E-state index contributed by atoms with van der Waals surface area (Å²) < 4.78 is 0. The minimum atomic E-state index is 0.497. The average Bonchev–Trinajstić information content (AvgIpc) is 2.00. The zero-order chi connectivity index (χ0) is 9.30. The van der Waals surface area contributed by atoms with Gasteiger partial charge in [0.1, 0.15) is 0 Å². The van der Waals surface area contributed by atoms with Gasteiger partial charge in [-0.15, -0.1) is 0 Å². The lowest BCUT2D eigenvalue weighted by Gasteiger charge is -2.31. The zero-order valence-corrected chi connectivity index (χ0v) is 8.33. The van der Waals surface area contributed by atoms with Gasteiger partial charge in [0, 0.05) is 11.7 Å². The highest BCUT2D eigenvalue weighted by Crippen LogP contribution is 2.24. The summed E-state index contributed by atoms with van der Waals surface area (Å²) in [5, 5.41) is 0. The van der Waals surface area contributed by atoms with E-state index in [0.717, 1.165) is 5.70 Å². The summed E-state index contributed by atoms with van der Waals surface area (Å²) in [6, 6.07) is 0.497. The van der Waals surface area contributed by atoms with Gasteiger partial charge < -0.3 is 10.6 Å². The predicted octanol–water partition coefficient (Wildman–Crippen LogP) is 1.36. The lowest BCUT2D eigenvalue weighted by molar-refractivity contribution is 0.285. The molecule has 0 fully saturated rings. The fourth-order valence-corrected chi connectivity index (χ4v) is 1.64. The van der Waals surface area contributed by atoms with Crippen LogP contribution in [0.15, 0.2) is 23.4 Å². The number of hydrogen-bond acceptors (Lipinski definition) is 2. The van der Waals surface area contributed by atoms with Crippen LogP contribution in [0.1, 0.15) is 13.8 Å². The van der Waals surface area contributed by atoms with Crippen LogP contribution in [0, 0.1) is 5.92 Å². The highest BCUT2D eigenvalue weighted by atomic mass is 15.1. The smallest absolute Gasteiger partial charge is 0.0339 e. The Morgan fingerprint density at radius 1 is 1.42 bits per heavy atom. The normalized spacial score (nSPS) is 30.1. The van der Waals surface area contributed by atoms with Gasteiger partial charge in [0.2, 0.25) is 0 Å². The Kier molecular flexibility index (Phi) is 2.58. The summed E-state index contributed by atoms with van der Waals surface area (Å²) in [5.41, 5.74) is 8.04. The third-order valence-electron chi connectivity index (χ3n) is 2.72. The molecule has 12 heavy (non-hydrogen) atoms. The first-order valence-corrected chi connectivity index (χ1v) is 4.35. The maximum absolute atomic E-state index is 5.81. The Morgan fingerprint density at radius 3 is 2.50 bits per heavy atom. The Morgan fingerprint density at radius 2 is 2.00 bits per heavy atom. The Hall–Kier alpha value is -0.760. The third-order valence-corrected chi connectivity index (χ3v) is 2.72. The molecule has 0 saturated heterocycles. The number of hydrogen-bond donors (Lipinski definition) is 1. The Bertz CT molecular complexity index is 226. The first-order valence-electron chi connectivity index (χ1n) is 4.35. The van der Waals surface area contributed by atoms with Crippen LogP contribution < -0.4 is 5.73 Å². The van der Waals surface area contributed by atoms with Gasteiger partial charge in [0.05, 0.1) is 0 Å². The number of likely N-dealkylation sites (N-methyl/N-ethyl adjacent to an activating group) is 1. The molecule has 0 aromatic heterocycles. The lowest BCUT2D eigenvalue weighted by atomic mass is 9.88. The Balaban J connectivity index is 2.85. The van der Waals surface area contributed by atoms with Crippen molar-refractivity contribution in [2.24, 2.45) is 11.7 Å². The van der Waals surface area contributed by atoms with E-state index in [-0.39, 0.29) is 0 Å². The van der Waals surface area contributed by atoms with Gasteiger partial charge in [-0.1, -0.05) is 13.0 Å². The van der Waals surface area contributed by atoms with E-state index in [2.05, 4.69) is 38.9 Å². The van der Waals surface area contributed by atoms with Crippen molar-refractivity contribution in [2.45, 2.75) is 19.9 Å². The maximum atomic E-state index is 5.81. The molecule has 2 atom stereocenters. The average molecular weight is 166 g/mol. The number of nitrogens with zero attached hydrogens (tertiary/aromatic N) is 1. The topological polar surface area (TPSA) is 29.3 Å². The second-order valence-corrected chi connectivity index (χ2v) is 3.74. The van der Waals surface area contributed by atoms with Crippen LogP contribution >= 0.6 is 0 Å². The SMILES string of the molecule is CC1=C(N)C=CC(N(C)C)C1C. The van der Waals surface area contributed by atoms with Crippen molar-refractivity contribution in [1.29, 1.82) is 0 Å². The summed E-state index contributed by atoms with van der Waals surface area (Å²) in [5.74, 6) is 0.532. The van der Waals surface area contributed by atoms with E-state index in [4.69, 9.17) is 5.73 Å². The molecule has 2 unspecified atom stereocenters. The van der Waals surface area contributed by atoms with Crippen LogP contribution in [0.5, 0.6) is 0 Å². The second-order valence-electron chi connectivity index (χ2n) is 3.74.